The first-order valence-corrected chi connectivity index (χ1v) is 5.80. The zero-order valence-electron chi connectivity index (χ0n) is 7.21. The maximum absolute atomic E-state index is 6.01. The van der Waals surface area contributed by atoms with Crippen LogP contribution in [0.5, 0.6) is 0 Å². The molecule has 1 aromatic heterocycles. The van der Waals surface area contributed by atoms with Gasteiger partial charge in [-0.15, -0.1) is 0 Å². The maximum Gasteiger partial charge on any atom is 0.0621 e. The van der Waals surface area contributed by atoms with E-state index in [4.69, 9.17) is 11.6 Å². The number of alkyl halides is 1. The van der Waals surface area contributed by atoms with Gasteiger partial charge in [-0.2, -0.15) is 0 Å². The van der Waals surface area contributed by atoms with Crippen molar-refractivity contribution in [2.24, 2.45) is 5.92 Å². The third-order valence-electron chi connectivity index (χ3n) is 2.36. The molecule has 0 N–H and O–H groups in total. The van der Waals surface area contributed by atoms with Crippen molar-refractivity contribution < 1.29 is 0 Å². The van der Waals surface area contributed by atoms with Crippen LogP contribution in [0.2, 0.25) is 5.02 Å². The molecule has 0 radical (unpaired) electrons. The highest BCUT2D eigenvalue weighted by atomic mass is 79.9. The van der Waals surface area contributed by atoms with E-state index in [1.807, 2.05) is 12.1 Å². The number of hydrogen-bond acceptors (Lipinski definition) is 1. The maximum atomic E-state index is 6.01. The molecule has 1 aromatic rings. The summed E-state index contributed by atoms with van der Waals surface area (Å²) in [6.45, 7) is 0. The zero-order chi connectivity index (χ0) is 9.26. The summed E-state index contributed by atoms with van der Waals surface area (Å²) in [6.07, 6.45) is 5.44. The van der Waals surface area contributed by atoms with Gasteiger partial charge in [-0.25, -0.2) is 0 Å². The van der Waals surface area contributed by atoms with Crippen LogP contribution in [0.1, 0.15) is 18.5 Å². The topological polar surface area (TPSA) is 12.9 Å². The molecule has 3 heteroatoms. The van der Waals surface area contributed by atoms with Gasteiger partial charge in [-0.3, -0.25) is 4.98 Å². The first-order chi connectivity index (χ1) is 6.27. The van der Waals surface area contributed by atoms with E-state index in [0.717, 1.165) is 23.1 Å². The van der Waals surface area contributed by atoms with Crippen LogP contribution in [0.25, 0.3) is 0 Å². The molecular weight excluding hydrogens is 249 g/mol. The summed E-state index contributed by atoms with van der Waals surface area (Å²) in [7, 11) is 0. The van der Waals surface area contributed by atoms with E-state index >= 15 is 0 Å². The molecule has 1 nitrogen and oxygen atoms in total. The van der Waals surface area contributed by atoms with Crippen molar-refractivity contribution in [1.82, 2.24) is 4.98 Å². The number of pyridine rings is 1. The van der Waals surface area contributed by atoms with Gasteiger partial charge in [-0.05, 0) is 30.9 Å². The predicted molar refractivity (Wildman–Crippen MR) is 58.4 cm³/mol. The minimum atomic E-state index is 0.555. The van der Waals surface area contributed by atoms with E-state index in [1.165, 1.54) is 12.8 Å². The normalized spacial score (nSPS) is 18.6. The summed E-state index contributed by atoms with van der Waals surface area (Å²) in [5, 5.41) is 0.785. The van der Waals surface area contributed by atoms with Gasteiger partial charge in [-0.1, -0.05) is 27.5 Å². The second-order valence-corrected chi connectivity index (χ2v) is 5.07. The highest BCUT2D eigenvalue weighted by Gasteiger charge is 2.29. The Morgan fingerprint density at radius 3 is 3.00 bits per heavy atom. The molecule has 1 heterocycles. The molecule has 13 heavy (non-hydrogen) atoms. The molecule has 0 aromatic carbocycles. The Balaban J connectivity index is 2.03. The molecule has 0 spiro atoms. The lowest BCUT2D eigenvalue weighted by atomic mass is 10.1. The highest BCUT2D eigenvalue weighted by molar-refractivity contribution is 9.09. The van der Waals surface area contributed by atoms with Crippen LogP contribution in [0.15, 0.2) is 18.3 Å². The Bertz CT molecular complexity index is 299. The highest BCUT2D eigenvalue weighted by Crippen LogP contribution is 2.38. The van der Waals surface area contributed by atoms with E-state index in [9.17, 15) is 0 Å². The minimum absolute atomic E-state index is 0.555. The lowest BCUT2D eigenvalue weighted by Crippen LogP contribution is -2.06. The van der Waals surface area contributed by atoms with Crippen molar-refractivity contribution in [2.45, 2.75) is 24.1 Å². The molecule has 1 fully saturated rings. The molecule has 0 aliphatic heterocycles. The Hall–Kier alpha value is -0.0800. The van der Waals surface area contributed by atoms with Crippen LogP contribution in [-0.4, -0.2) is 9.81 Å². The average Bonchev–Trinajstić information content (AvgIpc) is 2.91. The van der Waals surface area contributed by atoms with Crippen molar-refractivity contribution in [3.8, 4) is 0 Å². The smallest absolute Gasteiger partial charge is 0.0621 e. The van der Waals surface area contributed by atoms with Crippen LogP contribution in [0.3, 0.4) is 0 Å². The monoisotopic (exact) mass is 259 g/mol. The second kappa shape index (κ2) is 3.97. The first-order valence-electron chi connectivity index (χ1n) is 4.51. The number of nitrogens with zero attached hydrogens (tertiary/aromatic N) is 1. The van der Waals surface area contributed by atoms with E-state index < -0.39 is 0 Å². The van der Waals surface area contributed by atoms with Crippen LogP contribution in [-0.2, 0) is 6.42 Å². The van der Waals surface area contributed by atoms with E-state index in [0.29, 0.717) is 4.83 Å². The molecule has 1 saturated carbocycles. The summed E-state index contributed by atoms with van der Waals surface area (Å²) in [5.74, 6) is 0.845. The van der Waals surface area contributed by atoms with Gasteiger partial charge in [0.1, 0.15) is 0 Å². The van der Waals surface area contributed by atoms with E-state index in [-0.39, 0.29) is 0 Å². The van der Waals surface area contributed by atoms with Crippen LogP contribution < -0.4 is 0 Å². The number of hydrogen-bond donors (Lipinski definition) is 0. The van der Waals surface area contributed by atoms with Gasteiger partial charge in [0.2, 0.25) is 0 Å². The quantitative estimate of drug-likeness (QED) is 0.759. The number of aromatic nitrogens is 1. The third kappa shape index (κ3) is 2.44. The molecule has 1 unspecified atom stereocenters. The van der Waals surface area contributed by atoms with Crippen LogP contribution in [0, 0.1) is 5.92 Å². The Kier molecular flexibility index (Phi) is 2.89. The second-order valence-electron chi connectivity index (χ2n) is 3.49. The van der Waals surface area contributed by atoms with E-state index in [1.54, 1.807) is 6.20 Å². The van der Waals surface area contributed by atoms with Gasteiger partial charge < -0.3 is 0 Å². The summed E-state index contributed by atoms with van der Waals surface area (Å²) in [4.78, 5) is 4.82. The molecule has 0 bridgehead atoms. The van der Waals surface area contributed by atoms with Gasteiger partial charge in [0, 0.05) is 17.4 Å². The van der Waals surface area contributed by atoms with Crippen LogP contribution >= 0.6 is 27.5 Å². The van der Waals surface area contributed by atoms with Gasteiger partial charge in [0.15, 0.2) is 0 Å². The lowest BCUT2D eigenvalue weighted by Gasteiger charge is -2.07. The fourth-order valence-corrected chi connectivity index (χ4v) is 2.41. The van der Waals surface area contributed by atoms with Gasteiger partial charge >= 0.3 is 0 Å². The predicted octanol–water partition coefficient (Wildman–Crippen LogP) is 3.45. The third-order valence-corrected chi connectivity index (χ3v) is 3.77. The van der Waals surface area contributed by atoms with E-state index in [2.05, 4.69) is 20.9 Å². The van der Waals surface area contributed by atoms with Crippen molar-refractivity contribution >= 4 is 27.5 Å². The summed E-state index contributed by atoms with van der Waals surface area (Å²) in [6, 6.07) is 3.77. The fourth-order valence-electron chi connectivity index (χ4n) is 1.38. The number of rotatable bonds is 3. The molecule has 2 rings (SSSR count). The van der Waals surface area contributed by atoms with Crippen molar-refractivity contribution in [2.75, 3.05) is 0 Å². The molecule has 70 valence electrons. The van der Waals surface area contributed by atoms with Crippen molar-refractivity contribution in [3.63, 3.8) is 0 Å². The van der Waals surface area contributed by atoms with Crippen molar-refractivity contribution in [3.05, 3.63) is 29.0 Å². The summed E-state index contributed by atoms with van der Waals surface area (Å²) in [5.41, 5.74) is 1.01. The molecule has 1 aliphatic rings. The lowest BCUT2D eigenvalue weighted by molar-refractivity contribution is 0.747. The SMILES string of the molecule is Clc1cccnc1CC(Br)C1CC1. The largest absolute Gasteiger partial charge is 0.260 e. The van der Waals surface area contributed by atoms with Gasteiger partial charge in [0.05, 0.1) is 10.7 Å². The van der Waals surface area contributed by atoms with Gasteiger partial charge in [0.25, 0.3) is 0 Å². The molecule has 0 saturated heterocycles. The Morgan fingerprint density at radius 2 is 2.38 bits per heavy atom. The zero-order valence-corrected chi connectivity index (χ0v) is 9.55. The standard InChI is InChI=1S/C10H11BrClN/c11-8(7-3-4-7)6-10-9(12)2-1-5-13-10/h1-2,5,7-8H,3-4,6H2. The molecular formula is C10H11BrClN. The first kappa shape index (κ1) is 9.47. The summed E-state index contributed by atoms with van der Waals surface area (Å²) < 4.78 is 0. The molecule has 1 aliphatic carbocycles. The fraction of sp³-hybridized carbons (Fsp3) is 0.500. The van der Waals surface area contributed by atoms with Crippen molar-refractivity contribution in [1.29, 1.82) is 0 Å². The van der Waals surface area contributed by atoms with Crippen LogP contribution in [0.4, 0.5) is 0 Å². The Labute approximate surface area is 91.6 Å². The number of halogens is 2. The Morgan fingerprint density at radius 1 is 1.62 bits per heavy atom. The minimum Gasteiger partial charge on any atom is -0.260 e. The molecule has 1 atom stereocenters. The average molecular weight is 261 g/mol. The molecule has 0 amide bonds. The summed E-state index contributed by atoms with van der Waals surface area (Å²) >= 11 is 9.69.